The lowest BCUT2D eigenvalue weighted by atomic mass is 9.88. The molecule has 3 atom stereocenters. The first-order valence-electron chi connectivity index (χ1n) is 9.65. The van der Waals surface area contributed by atoms with Gasteiger partial charge in [0.25, 0.3) is 0 Å². The molecule has 1 aliphatic heterocycles. The van der Waals surface area contributed by atoms with Gasteiger partial charge < -0.3 is 15.0 Å². The quantitative estimate of drug-likeness (QED) is 0.757. The monoisotopic (exact) mass is 347 g/mol. The maximum absolute atomic E-state index is 10.8. The van der Waals surface area contributed by atoms with Gasteiger partial charge in [0, 0.05) is 47.5 Å². The first-order valence-corrected chi connectivity index (χ1v) is 9.65. The average molecular weight is 347 g/mol. The molecule has 1 saturated carbocycles. The Morgan fingerprint density at radius 2 is 2.08 bits per heavy atom. The van der Waals surface area contributed by atoms with Gasteiger partial charge in [-0.1, -0.05) is 18.1 Å². The number of aliphatic hydroxyl groups excluding tert-OH is 1. The molecule has 3 aromatic rings. The van der Waals surface area contributed by atoms with E-state index in [4.69, 9.17) is 0 Å². The molecule has 0 radical (unpaired) electrons. The molecule has 4 heteroatoms. The Labute approximate surface area is 153 Å². The summed E-state index contributed by atoms with van der Waals surface area (Å²) in [4.78, 5) is 4.06. The van der Waals surface area contributed by atoms with Crippen LogP contribution in [0.25, 0.3) is 10.9 Å². The fraction of sp³-hybridized carbons (Fsp3) is 0.409. The van der Waals surface area contributed by atoms with E-state index < -0.39 is 6.10 Å². The molecule has 0 spiro atoms. The summed E-state index contributed by atoms with van der Waals surface area (Å²) in [6.45, 7) is 3.65. The van der Waals surface area contributed by atoms with Gasteiger partial charge in [0.2, 0.25) is 0 Å². The van der Waals surface area contributed by atoms with Crippen LogP contribution in [0.4, 0.5) is 0 Å². The number of aromatic nitrogens is 2. The smallest absolute Gasteiger partial charge is 0.0970 e. The van der Waals surface area contributed by atoms with Crippen molar-refractivity contribution in [1.82, 2.24) is 14.9 Å². The molecule has 2 aromatic heterocycles. The summed E-state index contributed by atoms with van der Waals surface area (Å²) in [5.74, 6) is 0.613. The van der Waals surface area contributed by atoms with Gasteiger partial charge in [-0.2, -0.15) is 0 Å². The molecule has 0 amide bonds. The predicted molar refractivity (Wildman–Crippen MR) is 103 cm³/mol. The normalized spacial score (nSPS) is 23.0. The summed E-state index contributed by atoms with van der Waals surface area (Å²) in [5, 5.41) is 16.0. The Hall–Kier alpha value is -2.17. The number of hydrogen-bond donors (Lipinski definition) is 2. The van der Waals surface area contributed by atoms with E-state index >= 15 is 0 Å². The van der Waals surface area contributed by atoms with Gasteiger partial charge in [-0.15, -0.1) is 0 Å². The molecule has 3 unspecified atom stereocenters. The highest BCUT2D eigenvalue weighted by atomic mass is 16.3. The summed E-state index contributed by atoms with van der Waals surface area (Å²) in [6.07, 6.45) is 6.82. The number of hydrogen-bond acceptors (Lipinski definition) is 3. The SMILES string of the molecule is Cc1ccc2c(c1)c1c(n2CC(O)c2ccncc2)CNC2CCCC12. The van der Waals surface area contributed by atoms with E-state index in [2.05, 4.69) is 40.0 Å². The first kappa shape index (κ1) is 16.0. The molecule has 4 nitrogen and oxygen atoms in total. The van der Waals surface area contributed by atoms with Crippen LogP contribution in [0.2, 0.25) is 0 Å². The van der Waals surface area contributed by atoms with Crippen molar-refractivity contribution >= 4 is 10.9 Å². The second kappa shape index (κ2) is 6.22. The van der Waals surface area contributed by atoms with Crippen LogP contribution in [0.3, 0.4) is 0 Å². The molecule has 26 heavy (non-hydrogen) atoms. The van der Waals surface area contributed by atoms with Crippen LogP contribution in [0.15, 0.2) is 42.7 Å². The Kier molecular flexibility index (Phi) is 3.84. The molecule has 3 heterocycles. The van der Waals surface area contributed by atoms with E-state index in [9.17, 15) is 5.11 Å². The highest BCUT2D eigenvalue weighted by molar-refractivity contribution is 5.87. The standard InChI is InChI=1S/C22H25N3O/c1-14-5-6-19-17(11-14)22-16-3-2-4-18(16)24-12-20(22)25(19)13-21(26)15-7-9-23-10-8-15/h5-11,16,18,21,24,26H,2-4,12-13H2,1H3. The van der Waals surface area contributed by atoms with Crippen LogP contribution in [0.5, 0.6) is 0 Å². The van der Waals surface area contributed by atoms with E-state index in [1.807, 2.05) is 12.1 Å². The van der Waals surface area contributed by atoms with Crippen molar-refractivity contribution in [3.8, 4) is 0 Å². The van der Waals surface area contributed by atoms with Gasteiger partial charge in [-0.05, 0) is 55.2 Å². The second-order valence-corrected chi connectivity index (χ2v) is 7.81. The van der Waals surface area contributed by atoms with Crippen LogP contribution in [0, 0.1) is 6.92 Å². The van der Waals surface area contributed by atoms with E-state index in [1.54, 1.807) is 12.4 Å². The molecule has 1 fully saturated rings. The lowest BCUT2D eigenvalue weighted by Gasteiger charge is -2.29. The van der Waals surface area contributed by atoms with E-state index in [0.29, 0.717) is 18.5 Å². The maximum atomic E-state index is 10.8. The summed E-state index contributed by atoms with van der Waals surface area (Å²) >= 11 is 0. The van der Waals surface area contributed by atoms with Crippen LogP contribution < -0.4 is 5.32 Å². The third-order valence-corrected chi connectivity index (χ3v) is 6.23. The van der Waals surface area contributed by atoms with Gasteiger partial charge in [-0.3, -0.25) is 4.98 Å². The topological polar surface area (TPSA) is 50.1 Å². The zero-order valence-electron chi connectivity index (χ0n) is 15.2. The van der Waals surface area contributed by atoms with Crippen molar-refractivity contribution in [2.45, 2.75) is 57.3 Å². The first-order chi connectivity index (χ1) is 12.7. The number of nitrogens with zero attached hydrogens (tertiary/aromatic N) is 2. The molecule has 5 rings (SSSR count). The van der Waals surface area contributed by atoms with Crippen molar-refractivity contribution < 1.29 is 5.11 Å². The van der Waals surface area contributed by atoms with Gasteiger partial charge in [0.1, 0.15) is 0 Å². The number of aliphatic hydroxyl groups is 1. The molecule has 1 aliphatic carbocycles. The zero-order valence-corrected chi connectivity index (χ0v) is 15.2. The van der Waals surface area contributed by atoms with Crippen molar-refractivity contribution in [1.29, 1.82) is 0 Å². The van der Waals surface area contributed by atoms with Crippen molar-refractivity contribution in [2.75, 3.05) is 0 Å². The van der Waals surface area contributed by atoms with Gasteiger partial charge in [0.15, 0.2) is 0 Å². The highest BCUT2D eigenvalue weighted by Gasteiger charge is 2.37. The van der Waals surface area contributed by atoms with Crippen LogP contribution >= 0.6 is 0 Å². The largest absolute Gasteiger partial charge is 0.387 e. The number of fused-ring (bicyclic) bond motifs is 5. The summed E-state index contributed by atoms with van der Waals surface area (Å²) in [6, 6.07) is 11.2. The van der Waals surface area contributed by atoms with Crippen molar-refractivity contribution in [2.24, 2.45) is 0 Å². The zero-order chi connectivity index (χ0) is 17.7. The van der Waals surface area contributed by atoms with Crippen molar-refractivity contribution in [3.05, 3.63) is 65.1 Å². The average Bonchev–Trinajstić information content (AvgIpc) is 3.25. The fourth-order valence-corrected chi connectivity index (χ4v) is 5.00. The lowest BCUT2D eigenvalue weighted by Crippen LogP contribution is -2.36. The Morgan fingerprint density at radius 3 is 2.92 bits per heavy atom. The molecule has 2 aliphatic rings. The van der Waals surface area contributed by atoms with Gasteiger partial charge >= 0.3 is 0 Å². The molecular weight excluding hydrogens is 322 g/mol. The van der Waals surface area contributed by atoms with E-state index in [0.717, 1.165) is 12.1 Å². The second-order valence-electron chi connectivity index (χ2n) is 7.81. The molecular formula is C22H25N3O. The minimum atomic E-state index is -0.527. The molecule has 0 bridgehead atoms. The van der Waals surface area contributed by atoms with Crippen LogP contribution in [0.1, 0.15) is 53.7 Å². The molecule has 134 valence electrons. The third-order valence-electron chi connectivity index (χ3n) is 6.23. The van der Waals surface area contributed by atoms with Crippen LogP contribution in [-0.4, -0.2) is 20.7 Å². The third kappa shape index (κ3) is 2.48. The van der Waals surface area contributed by atoms with Crippen LogP contribution in [-0.2, 0) is 13.1 Å². The number of aryl methyl sites for hydroxylation is 1. The Bertz CT molecular complexity index is 947. The fourth-order valence-electron chi connectivity index (χ4n) is 5.00. The molecule has 1 aromatic carbocycles. The number of benzene rings is 1. The summed E-state index contributed by atoms with van der Waals surface area (Å²) in [7, 11) is 0. The van der Waals surface area contributed by atoms with Crippen molar-refractivity contribution in [3.63, 3.8) is 0 Å². The predicted octanol–water partition coefficient (Wildman–Crippen LogP) is 3.82. The Balaban J connectivity index is 1.64. The van der Waals surface area contributed by atoms with Gasteiger partial charge in [0.05, 0.1) is 12.6 Å². The number of rotatable bonds is 3. The number of pyridine rings is 1. The highest BCUT2D eigenvalue weighted by Crippen LogP contribution is 2.44. The molecule has 2 N–H and O–H groups in total. The number of nitrogens with one attached hydrogen (secondary N) is 1. The van der Waals surface area contributed by atoms with E-state index in [1.165, 1.54) is 47.0 Å². The van der Waals surface area contributed by atoms with Gasteiger partial charge in [-0.25, -0.2) is 0 Å². The Morgan fingerprint density at radius 1 is 1.23 bits per heavy atom. The molecule has 0 saturated heterocycles. The minimum Gasteiger partial charge on any atom is -0.387 e. The summed E-state index contributed by atoms with van der Waals surface area (Å²) in [5.41, 5.74) is 6.38. The minimum absolute atomic E-state index is 0.527. The maximum Gasteiger partial charge on any atom is 0.0970 e. The summed E-state index contributed by atoms with van der Waals surface area (Å²) < 4.78 is 2.34. The van der Waals surface area contributed by atoms with E-state index in [-0.39, 0.29) is 0 Å². The lowest BCUT2D eigenvalue weighted by molar-refractivity contribution is 0.156.